The highest BCUT2D eigenvalue weighted by Gasteiger charge is 2.43. The third-order valence-electron chi connectivity index (χ3n) is 5.35. The summed E-state index contributed by atoms with van der Waals surface area (Å²) >= 11 is 0. The van der Waals surface area contributed by atoms with Crippen molar-refractivity contribution in [2.24, 2.45) is 0 Å². The van der Waals surface area contributed by atoms with Crippen LogP contribution in [0.3, 0.4) is 0 Å². The number of pyridine rings is 1. The molecule has 2 fully saturated rings. The number of ether oxygens (including phenoxy) is 2. The van der Waals surface area contributed by atoms with E-state index in [2.05, 4.69) is 15.7 Å². The lowest BCUT2D eigenvalue weighted by Crippen LogP contribution is -2.43. The van der Waals surface area contributed by atoms with Gasteiger partial charge in [0.15, 0.2) is 11.6 Å². The highest BCUT2D eigenvalue weighted by molar-refractivity contribution is 6.67. The van der Waals surface area contributed by atoms with Crippen LogP contribution in [0, 0.1) is 17.0 Å². The van der Waals surface area contributed by atoms with Crippen molar-refractivity contribution < 1.29 is 23.5 Å². The Morgan fingerprint density at radius 2 is 2.20 bits per heavy atom. The van der Waals surface area contributed by atoms with E-state index in [4.69, 9.17) is 10.00 Å². The fourth-order valence-corrected chi connectivity index (χ4v) is 3.78. The second kappa shape index (κ2) is 8.03. The van der Waals surface area contributed by atoms with Gasteiger partial charge in [-0.3, -0.25) is 4.90 Å². The largest absolute Gasteiger partial charge is 0.465 e. The van der Waals surface area contributed by atoms with Gasteiger partial charge in [0, 0.05) is 25.1 Å². The van der Waals surface area contributed by atoms with Crippen LogP contribution in [0.15, 0.2) is 36.5 Å². The molecule has 4 rings (SSSR count). The number of nitriles is 1. The molecule has 0 bridgehead atoms. The molecule has 0 saturated carbocycles. The van der Waals surface area contributed by atoms with E-state index in [0.717, 1.165) is 6.07 Å². The minimum atomic E-state index is -0.708. The molecule has 2 aliphatic heterocycles. The van der Waals surface area contributed by atoms with Gasteiger partial charge in [-0.25, -0.2) is 24.2 Å². The molecule has 1 aromatic carbocycles. The fraction of sp³-hybridized carbons (Fsp3) is 0.300. The molecule has 1 aromatic heterocycles. The number of aromatic nitrogens is 1. The Hall–Kier alpha value is -3.61. The normalized spacial score (nSPS) is 18.1. The van der Waals surface area contributed by atoms with Gasteiger partial charge >= 0.3 is 12.0 Å². The van der Waals surface area contributed by atoms with Gasteiger partial charge in [-0.05, 0) is 43.0 Å². The maximum absolute atomic E-state index is 14.2. The van der Waals surface area contributed by atoms with Gasteiger partial charge in [0.1, 0.15) is 11.6 Å². The molecule has 0 radical (unpaired) electrons. The Bertz CT molecular complexity index is 1030. The third kappa shape index (κ3) is 3.66. The zero-order valence-electron chi connectivity index (χ0n) is 16.2. The van der Waals surface area contributed by atoms with E-state index in [9.17, 15) is 14.0 Å². The maximum Gasteiger partial charge on any atom is 0.337 e. The van der Waals surface area contributed by atoms with Crippen molar-refractivity contribution in [3.8, 4) is 17.5 Å². The molecular weight excluding hydrogens is 390 g/mol. The smallest absolute Gasteiger partial charge is 0.337 e. The summed E-state index contributed by atoms with van der Waals surface area (Å²) in [4.78, 5) is 31.8. The number of nitrogens with zero attached hydrogens (tertiary/aromatic N) is 4. The van der Waals surface area contributed by atoms with E-state index in [1.54, 1.807) is 21.9 Å². The van der Waals surface area contributed by atoms with Crippen molar-refractivity contribution in [2.45, 2.75) is 18.7 Å². The van der Waals surface area contributed by atoms with Crippen LogP contribution in [0.5, 0.6) is 11.5 Å². The second-order valence-corrected chi connectivity index (χ2v) is 7.18. The molecule has 30 heavy (non-hydrogen) atoms. The Morgan fingerprint density at radius 1 is 1.37 bits per heavy atom. The summed E-state index contributed by atoms with van der Waals surface area (Å²) in [6.45, 7) is 1.02. The molecule has 2 aliphatic rings. The zero-order chi connectivity index (χ0) is 21.3. The van der Waals surface area contributed by atoms with Crippen LogP contribution in [0.2, 0.25) is 12.6 Å². The SMILES string of the molecule is COC(=O)c1ccc(Oc2ccc(N3CC4CB(C#N)CCN4C3=O)nc2)c(F)c1. The summed E-state index contributed by atoms with van der Waals surface area (Å²) in [7, 11) is 1.22. The van der Waals surface area contributed by atoms with Crippen molar-refractivity contribution in [1.29, 1.82) is 5.26 Å². The second-order valence-electron chi connectivity index (χ2n) is 7.18. The Morgan fingerprint density at radius 3 is 2.87 bits per heavy atom. The number of fused-ring (bicyclic) bond motifs is 1. The van der Waals surface area contributed by atoms with Crippen LogP contribution < -0.4 is 9.64 Å². The lowest BCUT2D eigenvalue weighted by molar-refractivity contribution is 0.0600. The quantitative estimate of drug-likeness (QED) is 0.570. The molecule has 0 aliphatic carbocycles. The van der Waals surface area contributed by atoms with Crippen molar-refractivity contribution in [3.63, 3.8) is 0 Å². The van der Waals surface area contributed by atoms with Crippen LogP contribution in [0.4, 0.5) is 15.0 Å². The number of urea groups is 1. The molecule has 1 atom stereocenters. The Kier molecular flexibility index (Phi) is 5.27. The molecule has 0 spiro atoms. The molecule has 2 amide bonds. The van der Waals surface area contributed by atoms with Gasteiger partial charge in [0.2, 0.25) is 0 Å². The summed E-state index contributed by atoms with van der Waals surface area (Å²) in [6.07, 6.45) is 2.76. The monoisotopic (exact) mass is 408 g/mol. The van der Waals surface area contributed by atoms with Crippen LogP contribution in [0.25, 0.3) is 0 Å². The van der Waals surface area contributed by atoms with Gasteiger partial charge in [0.25, 0.3) is 6.71 Å². The van der Waals surface area contributed by atoms with Gasteiger partial charge in [-0.1, -0.05) is 0 Å². The summed E-state index contributed by atoms with van der Waals surface area (Å²) in [5, 5.41) is 9.14. The van der Waals surface area contributed by atoms with Crippen LogP contribution >= 0.6 is 0 Å². The lowest BCUT2D eigenvalue weighted by atomic mass is 9.44. The average Bonchev–Trinajstić information content (AvgIpc) is 3.10. The first-order valence-corrected chi connectivity index (χ1v) is 9.49. The van der Waals surface area contributed by atoms with Gasteiger partial charge in [-0.2, -0.15) is 0 Å². The minimum Gasteiger partial charge on any atom is -0.465 e. The first-order valence-electron chi connectivity index (χ1n) is 9.49. The van der Waals surface area contributed by atoms with E-state index >= 15 is 0 Å². The number of halogens is 1. The average molecular weight is 408 g/mol. The maximum atomic E-state index is 14.2. The standard InChI is InChI=1S/C20H18BFN4O4/c1-29-19(27)13-2-4-17(16(22)8-13)30-15-3-5-18(24-10-15)26-11-14-9-21(12-23)6-7-25(14)20(26)28/h2-5,8,10,14H,6-7,9,11H2,1H3. The van der Waals surface area contributed by atoms with Crippen molar-refractivity contribution in [3.05, 3.63) is 47.9 Å². The number of methoxy groups -OCH3 is 1. The number of amides is 2. The predicted molar refractivity (Wildman–Crippen MR) is 106 cm³/mol. The van der Waals surface area contributed by atoms with E-state index in [0.29, 0.717) is 31.5 Å². The summed E-state index contributed by atoms with van der Waals surface area (Å²) < 4.78 is 24.3. The number of hydrogen-bond acceptors (Lipinski definition) is 6. The van der Waals surface area contributed by atoms with E-state index in [1.165, 1.54) is 25.4 Å². The summed E-state index contributed by atoms with van der Waals surface area (Å²) in [5.41, 5.74) is 0.0819. The molecule has 0 N–H and O–H groups in total. The topological polar surface area (TPSA) is 95.8 Å². The molecule has 1 unspecified atom stereocenters. The Balaban J connectivity index is 1.46. The van der Waals surface area contributed by atoms with Gasteiger partial charge in [0.05, 0.1) is 18.9 Å². The zero-order valence-corrected chi connectivity index (χ0v) is 16.2. The predicted octanol–water partition coefficient (Wildman–Crippen LogP) is 2.98. The molecule has 3 heterocycles. The van der Waals surface area contributed by atoms with Crippen LogP contribution in [-0.2, 0) is 4.74 Å². The highest BCUT2D eigenvalue weighted by Crippen LogP contribution is 2.31. The first kappa shape index (κ1) is 19.7. The number of anilines is 1. The van der Waals surface area contributed by atoms with Crippen molar-refractivity contribution >= 4 is 24.5 Å². The number of carbonyl (C=O) groups is 2. The van der Waals surface area contributed by atoms with E-state index in [1.807, 2.05) is 0 Å². The van der Waals surface area contributed by atoms with E-state index < -0.39 is 11.8 Å². The molecule has 8 nitrogen and oxygen atoms in total. The fourth-order valence-electron chi connectivity index (χ4n) is 3.78. The number of esters is 1. The number of hydrogen-bond donors (Lipinski definition) is 0. The van der Waals surface area contributed by atoms with Gasteiger partial charge < -0.3 is 14.4 Å². The molecule has 2 saturated heterocycles. The minimum absolute atomic E-state index is 0.0102. The van der Waals surface area contributed by atoms with Crippen molar-refractivity contribution in [1.82, 2.24) is 9.88 Å². The first-order chi connectivity index (χ1) is 14.5. The lowest BCUT2D eigenvalue weighted by Gasteiger charge is -2.28. The summed E-state index contributed by atoms with van der Waals surface area (Å²) in [5.74, 6) is 1.64. The number of carbonyl (C=O) groups excluding carboxylic acids is 2. The third-order valence-corrected chi connectivity index (χ3v) is 5.35. The molecular formula is C20H18BFN4O4. The summed E-state index contributed by atoms with van der Waals surface area (Å²) in [6, 6.07) is 6.89. The molecule has 2 aromatic rings. The van der Waals surface area contributed by atoms with Crippen molar-refractivity contribution in [2.75, 3.05) is 25.1 Å². The van der Waals surface area contributed by atoms with Crippen LogP contribution in [-0.4, -0.2) is 54.8 Å². The van der Waals surface area contributed by atoms with Crippen LogP contribution in [0.1, 0.15) is 10.4 Å². The number of rotatable bonds is 4. The molecule has 10 heteroatoms. The highest BCUT2D eigenvalue weighted by atomic mass is 19.1. The number of benzene rings is 1. The van der Waals surface area contributed by atoms with E-state index in [-0.39, 0.29) is 35.8 Å². The Labute approximate surface area is 172 Å². The molecule has 152 valence electrons. The van der Waals surface area contributed by atoms with Gasteiger partial charge in [-0.15, -0.1) is 0 Å².